The Kier molecular flexibility index (Phi) is 3.56. The summed E-state index contributed by atoms with van der Waals surface area (Å²) in [5, 5.41) is 7.52. The van der Waals surface area contributed by atoms with Gasteiger partial charge in [-0.25, -0.2) is 0 Å². The Hall–Kier alpha value is -0.980. The van der Waals surface area contributed by atoms with Crippen LogP contribution in [-0.4, -0.2) is 43.1 Å². The van der Waals surface area contributed by atoms with Crippen LogP contribution in [0.3, 0.4) is 0 Å². The van der Waals surface area contributed by atoms with Crippen LogP contribution in [0.25, 0.3) is 0 Å². The third-order valence-corrected chi connectivity index (χ3v) is 4.27. The molecule has 0 radical (unpaired) electrons. The second kappa shape index (κ2) is 5.19. The van der Waals surface area contributed by atoms with Crippen molar-refractivity contribution in [2.24, 2.45) is 0 Å². The molecule has 1 N–H and O–H groups in total. The molecule has 1 aromatic rings. The lowest BCUT2D eigenvalue weighted by molar-refractivity contribution is -0.0858. The quantitative estimate of drug-likeness (QED) is 0.864. The van der Waals surface area contributed by atoms with Gasteiger partial charge >= 0.3 is 0 Å². The molecule has 2 unspecified atom stereocenters. The highest BCUT2D eigenvalue weighted by Crippen LogP contribution is 2.43. The number of ether oxygens (including phenoxy) is 2. The van der Waals surface area contributed by atoms with Gasteiger partial charge in [-0.15, -0.1) is 0 Å². The topological polar surface area (TPSA) is 69.4 Å². The summed E-state index contributed by atoms with van der Waals surface area (Å²) in [6, 6.07) is 0.262. The van der Waals surface area contributed by atoms with Crippen molar-refractivity contribution < 1.29 is 14.0 Å². The zero-order valence-electron chi connectivity index (χ0n) is 11.5. The third-order valence-electron chi connectivity index (χ3n) is 4.27. The van der Waals surface area contributed by atoms with Crippen LogP contribution >= 0.6 is 0 Å². The first kappa shape index (κ1) is 13.0. The van der Waals surface area contributed by atoms with Crippen molar-refractivity contribution in [2.45, 2.75) is 43.7 Å². The molecule has 2 fully saturated rings. The number of rotatable bonds is 5. The van der Waals surface area contributed by atoms with Gasteiger partial charge in [0, 0.05) is 13.2 Å². The lowest BCUT2D eigenvalue weighted by Crippen LogP contribution is -2.37. The minimum absolute atomic E-state index is 0.148. The Balaban J connectivity index is 1.77. The van der Waals surface area contributed by atoms with Crippen molar-refractivity contribution in [1.29, 1.82) is 0 Å². The van der Waals surface area contributed by atoms with E-state index in [4.69, 9.17) is 14.0 Å². The monoisotopic (exact) mass is 267 g/mol. The van der Waals surface area contributed by atoms with Gasteiger partial charge in [0.05, 0.1) is 19.1 Å². The van der Waals surface area contributed by atoms with Crippen molar-refractivity contribution in [2.75, 3.05) is 26.9 Å². The summed E-state index contributed by atoms with van der Waals surface area (Å²) in [6.45, 7) is 4.33. The van der Waals surface area contributed by atoms with E-state index in [0.29, 0.717) is 24.9 Å². The van der Waals surface area contributed by atoms with Gasteiger partial charge in [-0.3, -0.25) is 0 Å². The fourth-order valence-electron chi connectivity index (χ4n) is 2.85. The molecule has 2 atom stereocenters. The maximum Gasteiger partial charge on any atom is 0.233 e. The fourth-order valence-corrected chi connectivity index (χ4v) is 2.85. The molecule has 1 saturated heterocycles. The number of nitrogens with one attached hydrogen (secondary N) is 1. The molecule has 1 aliphatic carbocycles. The van der Waals surface area contributed by atoms with Crippen LogP contribution in [0.15, 0.2) is 4.52 Å². The number of aromatic nitrogens is 2. The Morgan fingerprint density at radius 3 is 2.89 bits per heavy atom. The number of hydrogen-bond donors (Lipinski definition) is 1. The van der Waals surface area contributed by atoms with Crippen LogP contribution < -0.4 is 5.32 Å². The molecule has 6 nitrogen and oxygen atoms in total. The maximum atomic E-state index is 5.58. The first-order chi connectivity index (χ1) is 9.29. The molecule has 1 aliphatic heterocycles. The third kappa shape index (κ3) is 2.17. The molecule has 19 heavy (non-hydrogen) atoms. The maximum absolute atomic E-state index is 5.58. The first-order valence-electron chi connectivity index (χ1n) is 6.99. The van der Waals surface area contributed by atoms with Gasteiger partial charge in [0.1, 0.15) is 5.60 Å². The number of hydrogen-bond acceptors (Lipinski definition) is 6. The minimum atomic E-state index is -0.311. The number of likely N-dealkylation sites (N-methyl/N-ethyl adjacent to an activating group) is 1. The van der Waals surface area contributed by atoms with Crippen LogP contribution in [0.1, 0.15) is 43.8 Å². The van der Waals surface area contributed by atoms with Crippen LogP contribution in [0, 0.1) is 0 Å². The van der Waals surface area contributed by atoms with E-state index in [1.54, 1.807) is 7.11 Å². The highest BCUT2D eigenvalue weighted by atomic mass is 16.5. The van der Waals surface area contributed by atoms with Crippen molar-refractivity contribution >= 4 is 0 Å². The van der Waals surface area contributed by atoms with E-state index in [9.17, 15) is 0 Å². The van der Waals surface area contributed by atoms with E-state index in [1.807, 2.05) is 0 Å². The van der Waals surface area contributed by atoms with Crippen molar-refractivity contribution in [1.82, 2.24) is 15.5 Å². The van der Waals surface area contributed by atoms with Gasteiger partial charge in [-0.1, -0.05) is 12.1 Å². The van der Waals surface area contributed by atoms with E-state index < -0.39 is 0 Å². The molecule has 3 rings (SSSR count). The first-order valence-corrected chi connectivity index (χ1v) is 6.99. The molecule has 0 spiro atoms. The van der Waals surface area contributed by atoms with E-state index in [0.717, 1.165) is 25.8 Å². The Labute approximate surface area is 112 Å². The Bertz CT molecular complexity index is 425. The average molecular weight is 267 g/mol. The minimum Gasteiger partial charge on any atom is -0.379 e. The lowest BCUT2D eigenvalue weighted by Gasteiger charge is -2.37. The second-order valence-electron chi connectivity index (χ2n) is 5.32. The molecule has 1 saturated carbocycles. The summed E-state index contributed by atoms with van der Waals surface area (Å²) in [5.41, 5.74) is -0.311. The normalized spacial score (nSPS) is 29.4. The van der Waals surface area contributed by atoms with E-state index in [2.05, 4.69) is 22.4 Å². The zero-order valence-corrected chi connectivity index (χ0v) is 11.5. The standard InChI is InChI=1S/C13H21N3O3/c1-3-14-10-8-18-7-9(10)11-15-12(16-19-11)13(17-2)5-4-6-13/h9-10,14H,3-8H2,1-2H3. The van der Waals surface area contributed by atoms with Crippen LogP contribution in [0.2, 0.25) is 0 Å². The summed E-state index contributed by atoms with van der Waals surface area (Å²) >= 11 is 0. The van der Waals surface area contributed by atoms with Crippen LogP contribution in [-0.2, 0) is 15.1 Å². The molecular weight excluding hydrogens is 246 g/mol. The van der Waals surface area contributed by atoms with Gasteiger partial charge in [0.15, 0.2) is 0 Å². The smallest absolute Gasteiger partial charge is 0.233 e. The Morgan fingerprint density at radius 1 is 1.42 bits per heavy atom. The molecule has 0 bridgehead atoms. The second-order valence-corrected chi connectivity index (χ2v) is 5.32. The van der Waals surface area contributed by atoms with E-state index >= 15 is 0 Å². The summed E-state index contributed by atoms with van der Waals surface area (Å²) in [7, 11) is 1.72. The van der Waals surface area contributed by atoms with Crippen molar-refractivity contribution in [3.8, 4) is 0 Å². The number of nitrogens with zero attached hydrogens (tertiary/aromatic N) is 2. The highest BCUT2D eigenvalue weighted by Gasteiger charge is 2.44. The SMILES string of the molecule is CCNC1COCC1c1nc(C2(OC)CCC2)no1. The van der Waals surface area contributed by atoms with Crippen molar-refractivity contribution in [3.05, 3.63) is 11.7 Å². The van der Waals surface area contributed by atoms with Gasteiger partial charge in [0.25, 0.3) is 0 Å². The Morgan fingerprint density at radius 2 is 2.26 bits per heavy atom. The largest absolute Gasteiger partial charge is 0.379 e. The zero-order chi connectivity index (χ0) is 13.3. The van der Waals surface area contributed by atoms with Crippen molar-refractivity contribution in [3.63, 3.8) is 0 Å². The molecule has 106 valence electrons. The molecule has 0 amide bonds. The van der Waals surface area contributed by atoms with Gasteiger partial charge in [0.2, 0.25) is 11.7 Å². The summed E-state index contributed by atoms with van der Waals surface area (Å²) < 4.78 is 16.5. The summed E-state index contributed by atoms with van der Waals surface area (Å²) in [6.07, 6.45) is 3.10. The number of methoxy groups -OCH3 is 1. The summed E-state index contributed by atoms with van der Waals surface area (Å²) in [5.74, 6) is 1.51. The average Bonchev–Trinajstić information content (AvgIpc) is 2.98. The predicted molar refractivity (Wildman–Crippen MR) is 67.9 cm³/mol. The van der Waals surface area contributed by atoms with E-state index in [-0.39, 0.29) is 17.6 Å². The lowest BCUT2D eigenvalue weighted by atomic mass is 9.79. The predicted octanol–water partition coefficient (Wildman–Crippen LogP) is 1.19. The molecule has 0 aromatic carbocycles. The van der Waals surface area contributed by atoms with Gasteiger partial charge < -0.3 is 19.3 Å². The molecule has 2 heterocycles. The van der Waals surface area contributed by atoms with Gasteiger partial charge in [-0.05, 0) is 25.8 Å². The van der Waals surface area contributed by atoms with E-state index in [1.165, 1.54) is 0 Å². The van der Waals surface area contributed by atoms with Crippen LogP contribution in [0.4, 0.5) is 0 Å². The van der Waals surface area contributed by atoms with Gasteiger partial charge in [-0.2, -0.15) is 4.98 Å². The summed E-state index contributed by atoms with van der Waals surface area (Å²) in [4.78, 5) is 4.57. The molecular formula is C13H21N3O3. The fraction of sp³-hybridized carbons (Fsp3) is 0.846. The molecule has 1 aromatic heterocycles. The highest BCUT2D eigenvalue weighted by molar-refractivity contribution is 5.10. The molecule has 2 aliphatic rings. The molecule has 6 heteroatoms. The van der Waals surface area contributed by atoms with Crippen LogP contribution in [0.5, 0.6) is 0 Å².